The smallest absolute Gasteiger partial charge is 0.246 e. The van der Waals surface area contributed by atoms with Gasteiger partial charge in [-0.25, -0.2) is 0 Å². The maximum absolute atomic E-state index is 11.7. The van der Waals surface area contributed by atoms with Crippen molar-refractivity contribution >= 4 is 5.91 Å². The van der Waals surface area contributed by atoms with Gasteiger partial charge in [-0.05, 0) is 18.9 Å². The quantitative estimate of drug-likeness (QED) is 0.240. The van der Waals surface area contributed by atoms with Crippen LogP contribution in [0.1, 0.15) is 84.0 Å². The summed E-state index contributed by atoms with van der Waals surface area (Å²) in [7, 11) is 2.36. The van der Waals surface area contributed by atoms with Gasteiger partial charge in [0.2, 0.25) is 5.91 Å². The Morgan fingerprint density at radius 1 is 0.880 bits per heavy atom. The first kappa shape index (κ1) is 22.2. The molecule has 3 heteroatoms. The zero-order valence-electron chi connectivity index (χ0n) is 17.1. The van der Waals surface area contributed by atoms with Gasteiger partial charge in [-0.2, -0.15) is 0 Å². The topological polar surface area (TPSA) is 20.3 Å². The van der Waals surface area contributed by atoms with Crippen LogP contribution in [0.2, 0.25) is 0 Å². The molecule has 1 aliphatic heterocycles. The molecule has 1 saturated heterocycles. The lowest BCUT2D eigenvalue weighted by molar-refractivity contribution is -0.913. The molecule has 0 aromatic rings. The molecule has 25 heavy (non-hydrogen) atoms. The lowest BCUT2D eigenvalue weighted by Gasteiger charge is -2.42. The van der Waals surface area contributed by atoms with Gasteiger partial charge in [-0.3, -0.25) is 4.79 Å². The number of piperazine rings is 1. The third-order valence-corrected chi connectivity index (χ3v) is 5.86. The van der Waals surface area contributed by atoms with Crippen LogP contribution in [0.4, 0.5) is 0 Å². The molecule has 0 unspecified atom stereocenters. The standard InChI is InChI=1S/C22H43N2O/c1-4-6-7-8-9-10-11-12-13-14-15-16-19-24(3)20-17-23(18-21-24)22(25)5-2/h5H,2,4,6-21H2,1,3H3/q+1. The van der Waals surface area contributed by atoms with Gasteiger partial charge in [0.15, 0.2) is 0 Å². The highest BCUT2D eigenvalue weighted by Crippen LogP contribution is 2.15. The van der Waals surface area contributed by atoms with Crippen LogP contribution in [0.3, 0.4) is 0 Å². The van der Waals surface area contributed by atoms with Crippen molar-refractivity contribution in [1.29, 1.82) is 0 Å². The molecule has 0 bridgehead atoms. The third kappa shape index (κ3) is 10.0. The normalized spacial score (nSPS) is 16.8. The highest BCUT2D eigenvalue weighted by molar-refractivity contribution is 5.87. The molecular formula is C22H43N2O+. The summed E-state index contributed by atoms with van der Waals surface area (Å²) in [5, 5.41) is 0. The van der Waals surface area contributed by atoms with Crippen LogP contribution in [0.15, 0.2) is 12.7 Å². The van der Waals surface area contributed by atoms with Crippen LogP contribution in [-0.2, 0) is 4.79 Å². The summed E-state index contributed by atoms with van der Waals surface area (Å²) in [6.45, 7) is 11.1. The second kappa shape index (κ2) is 13.4. The molecular weight excluding hydrogens is 308 g/mol. The van der Waals surface area contributed by atoms with E-state index in [1.165, 1.54) is 89.7 Å². The van der Waals surface area contributed by atoms with Crippen molar-refractivity contribution in [2.45, 2.75) is 84.0 Å². The Hall–Kier alpha value is -0.830. The number of quaternary nitrogens is 1. The fourth-order valence-corrected chi connectivity index (χ4v) is 3.86. The van der Waals surface area contributed by atoms with Gasteiger partial charge in [-0.15, -0.1) is 0 Å². The molecule has 0 aliphatic carbocycles. The molecule has 3 nitrogen and oxygen atoms in total. The molecule has 0 radical (unpaired) electrons. The Morgan fingerprint density at radius 3 is 1.76 bits per heavy atom. The highest BCUT2D eigenvalue weighted by Gasteiger charge is 2.29. The van der Waals surface area contributed by atoms with Crippen molar-refractivity contribution in [3.8, 4) is 0 Å². The summed E-state index contributed by atoms with van der Waals surface area (Å²) in [5.41, 5.74) is 0. The zero-order valence-corrected chi connectivity index (χ0v) is 17.1. The first-order valence-electron chi connectivity index (χ1n) is 10.9. The van der Waals surface area contributed by atoms with Crippen LogP contribution in [0, 0.1) is 0 Å². The Labute approximate surface area is 157 Å². The molecule has 0 aromatic heterocycles. The summed E-state index contributed by atoms with van der Waals surface area (Å²) in [6.07, 6.45) is 18.4. The molecule has 0 spiro atoms. The second-order valence-electron chi connectivity index (χ2n) is 8.21. The van der Waals surface area contributed by atoms with Crippen LogP contribution >= 0.6 is 0 Å². The van der Waals surface area contributed by atoms with Crippen molar-refractivity contribution in [2.24, 2.45) is 0 Å². The molecule has 1 fully saturated rings. The summed E-state index contributed by atoms with van der Waals surface area (Å²) in [6, 6.07) is 0. The lowest BCUT2D eigenvalue weighted by atomic mass is 10.0. The molecule has 0 aromatic carbocycles. The first-order chi connectivity index (χ1) is 12.1. The number of amides is 1. The largest absolute Gasteiger partial charge is 0.328 e. The molecule has 0 N–H and O–H groups in total. The van der Waals surface area contributed by atoms with Crippen molar-refractivity contribution in [1.82, 2.24) is 4.90 Å². The maximum atomic E-state index is 11.7. The summed E-state index contributed by atoms with van der Waals surface area (Å²) in [5.74, 6) is 0.0941. The monoisotopic (exact) mass is 351 g/mol. The van der Waals surface area contributed by atoms with E-state index in [9.17, 15) is 4.79 Å². The Bertz CT molecular complexity index is 359. The van der Waals surface area contributed by atoms with Gasteiger partial charge in [-0.1, -0.05) is 77.7 Å². The summed E-state index contributed by atoms with van der Waals surface area (Å²) < 4.78 is 1.14. The van der Waals surface area contributed by atoms with Crippen LogP contribution in [0.25, 0.3) is 0 Å². The number of unbranched alkanes of at least 4 members (excludes halogenated alkanes) is 11. The van der Waals surface area contributed by atoms with E-state index in [0.717, 1.165) is 30.7 Å². The third-order valence-electron chi connectivity index (χ3n) is 5.86. The number of hydrogen-bond donors (Lipinski definition) is 0. The highest BCUT2D eigenvalue weighted by atomic mass is 16.2. The molecule has 1 amide bonds. The number of carbonyl (C=O) groups is 1. The van der Waals surface area contributed by atoms with E-state index in [2.05, 4.69) is 20.6 Å². The summed E-state index contributed by atoms with van der Waals surface area (Å²) in [4.78, 5) is 13.6. The van der Waals surface area contributed by atoms with E-state index >= 15 is 0 Å². The maximum Gasteiger partial charge on any atom is 0.246 e. The predicted octanol–water partition coefficient (Wildman–Crippen LogP) is 5.16. The van der Waals surface area contributed by atoms with E-state index in [0.29, 0.717) is 0 Å². The van der Waals surface area contributed by atoms with E-state index in [1.54, 1.807) is 0 Å². The van der Waals surface area contributed by atoms with Gasteiger partial charge in [0.25, 0.3) is 0 Å². The summed E-state index contributed by atoms with van der Waals surface area (Å²) >= 11 is 0. The van der Waals surface area contributed by atoms with Crippen LogP contribution in [-0.4, -0.2) is 55.1 Å². The number of rotatable bonds is 14. The van der Waals surface area contributed by atoms with E-state index in [-0.39, 0.29) is 5.91 Å². The molecule has 1 heterocycles. The minimum absolute atomic E-state index is 0.0941. The van der Waals surface area contributed by atoms with Gasteiger partial charge in [0.05, 0.1) is 39.8 Å². The molecule has 0 saturated carbocycles. The lowest BCUT2D eigenvalue weighted by Crippen LogP contribution is -2.58. The van der Waals surface area contributed by atoms with Crippen molar-refractivity contribution in [2.75, 3.05) is 39.8 Å². The Morgan fingerprint density at radius 2 is 1.32 bits per heavy atom. The average molecular weight is 352 g/mol. The van der Waals surface area contributed by atoms with Gasteiger partial charge in [0.1, 0.15) is 0 Å². The zero-order chi connectivity index (χ0) is 18.4. The number of nitrogens with zero attached hydrogens (tertiary/aromatic N) is 2. The van der Waals surface area contributed by atoms with Crippen molar-refractivity contribution in [3.63, 3.8) is 0 Å². The molecule has 146 valence electrons. The minimum atomic E-state index is 0.0941. The second-order valence-corrected chi connectivity index (χ2v) is 8.21. The van der Waals surface area contributed by atoms with E-state index < -0.39 is 0 Å². The van der Waals surface area contributed by atoms with Gasteiger partial charge < -0.3 is 9.38 Å². The average Bonchev–Trinajstić information content (AvgIpc) is 2.62. The van der Waals surface area contributed by atoms with Gasteiger partial charge in [0, 0.05) is 0 Å². The predicted molar refractivity (Wildman–Crippen MR) is 109 cm³/mol. The van der Waals surface area contributed by atoms with Crippen molar-refractivity contribution in [3.05, 3.63) is 12.7 Å². The fourth-order valence-electron chi connectivity index (χ4n) is 3.86. The van der Waals surface area contributed by atoms with E-state index in [1.807, 2.05) is 4.90 Å². The number of likely N-dealkylation sites (N-methyl/N-ethyl adjacent to an activating group) is 1. The SMILES string of the molecule is C=CC(=O)N1CC[N+](C)(CCCCCCCCCCCCCC)CC1. The van der Waals surface area contributed by atoms with Crippen molar-refractivity contribution < 1.29 is 9.28 Å². The van der Waals surface area contributed by atoms with E-state index in [4.69, 9.17) is 0 Å². The molecule has 1 rings (SSSR count). The minimum Gasteiger partial charge on any atom is -0.328 e. The Kier molecular flexibility index (Phi) is 11.9. The first-order valence-corrected chi connectivity index (χ1v) is 10.9. The number of carbonyl (C=O) groups excluding carboxylic acids is 1. The Balaban J connectivity index is 1.93. The number of hydrogen-bond acceptors (Lipinski definition) is 1. The van der Waals surface area contributed by atoms with Gasteiger partial charge >= 0.3 is 0 Å². The molecule has 0 atom stereocenters. The molecule has 1 aliphatic rings. The van der Waals surface area contributed by atoms with Crippen LogP contribution in [0.5, 0.6) is 0 Å². The van der Waals surface area contributed by atoms with Crippen LogP contribution < -0.4 is 0 Å². The fraction of sp³-hybridized carbons (Fsp3) is 0.864.